The van der Waals surface area contributed by atoms with Crippen LogP contribution in [0.4, 0.5) is 4.79 Å². The smallest absolute Gasteiger partial charge is 0.324 e. The lowest BCUT2D eigenvalue weighted by atomic mass is 10.1. The quantitative estimate of drug-likeness (QED) is 0.561. The van der Waals surface area contributed by atoms with Crippen LogP contribution in [0.15, 0.2) is 0 Å². The number of nitrogens with zero attached hydrogens (tertiary/aromatic N) is 1. The third-order valence-corrected chi connectivity index (χ3v) is 4.13. The number of carbonyl (C=O) groups is 3. The molecule has 0 aromatic heterocycles. The van der Waals surface area contributed by atoms with E-state index >= 15 is 0 Å². The first-order valence-corrected chi connectivity index (χ1v) is 6.45. The molecule has 18 heavy (non-hydrogen) atoms. The molecule has 0 spiro atoms. The van der Waals surface area contributed by atoms with Crippen LogP contribution < -0.4 is 11.1 Å². The molecule has 1 aliphatic heterocycles. The lowest BCUT2D eigenvalue weighted by Crippen LogP contribution is -2.47. The van der Waals surface area contributed by atoms with Crippen molar-refractivity contribution in [1.29, 1.82) is 0 Å². The fourth-order valence-electron chi connectivity index (χ4n) is 1.47. The predicted molar refractivity (Wildman–Crippen MR) is 67.3 cm³/mol. The maximum atomic E-state index is 11.3. The summed E-state index contributed by atoms with van der Waals surface area (Å²) in [6.45, 7) is 3.73. The Morgan fingerprint density at radius 1 is 1.61 bits per heavy atom. The number of amides is 3. The lowest BCUT2D eigenvalue weighted by molar-refractivity contribution is -0.139. The van der Waals surface area contributed by atoms with Crippen LogP contribution in [-0.2, 0) is 9.59 Å². The minimum Gasteiger partial charge on any atom is -0.480 e. The number of imide groups is 1. The molecule has 4 N–H and O–H groups in total. The van der Waals surface area contributed by atoms with Gasteiger partial charge in [-0.2, -0.15) is 11.8 Å². The molecule has 7 nitrogen and oxygen atoms in total. The van der Waals surface area contributed by atoms with Gasteiger partial charge in [-0.15, -0.1) is 0 Å². The molecule has 102 valence electrons. The second-order valence-corrected chi connectivity index (χ2v) is 6.22. The van der Waals surface area contributed by atoms with Crippen LogP contribution in [0.3, 0.4) is 0 Å². The molecule has 0 bridgehead atoms. The largest absolute Gasteiger partial charge is 0.480 e. The second kappa shape index (κ2) is 5.57. The fraction of sp³-hybridized carbons (Fsp3) is 0.700. The van der Waals surface area contributed by atoms with Crippen LogP contribution >= 0.6 is 11.8 Å². The highest BCUT2D eigenvalue weighted by molar-refractivity contribution is 8.00. The molecule has 0 aliphatic carbocycles. The second-order valence-electron chi connectivity index (χ2n) is 4.47. The highest BCUT2D eigenvalue weighted by Gasteiger charge is 2.34. The van der Waals surface area contributed by atoms with Crippen LogP contribution in [0.2, 0.25) is 0 Å². The van der Waals surface area contributed by atoms with Gasteiger partial charge in [-0.3, -0.25) is 14.5 Å². The molecule has 1 atom stereocenters. The first-order valence-electron chi connectivity index (χ1n) is 5.46. The van der Waals surface area contributed by atoms with E-state index in [1.54, 1.807) is 13.8 Å². The first kappa shape index (κ1) is 14.8. The Labute approximate surface area is 109 Å². The maximum absolute atomic E-state index is 11.3. The van der Waals surface area contributed by atoms with Crippen molar-refractivity contribution in [3.8, 4) is 0 Å². The van der Waals surface area contributed by atoms with Gasteiger partial charge in [0.2, 0.25) is 5.91 Å². The number of rotatable bonds is 6. The van der Waals surface area contributed by atoms with Crippen LogP contribution in [0.5, 0.6) is 0 Å². The van der Waals surface area contributed by atoms with Gasteiger partial charge in [-0.05, 0) is 13.8 Å². The molecule has 1 saturated heterocycles. The molecule has 0 saturated carbocycles. The van der Waals surface area contributed by atoms with Crippen LogP contribution in [-0.4, -0.2) is 57.5 Å². The van der Waals surface area contributed by atoms with Crippen molar-refractivity contribution in [2.24, 2.45) is 5.73 Å². The van der Waals surface area contributed by atoms with Gasteiger partial charge in [0.25, 0.3) is 0 Å². The summed E-state index contributed by atoms with van der Waals surface area (Å²) in [5, 5.41) is 11.3. The molecule has 1 fully saturated rings. The normalized spacial score (nSPS) is 17.8. The number of carbonyl (C=O) groups excluding carboxylic acids is 2. The van der Waals surface area contributed by atoms with E-state index in [1.165, 1.54) is 11.8 Å². The third-order valence-electron chi connectivity index (χ3n) is 2.74. The molecule has 0 radical (unpaired) electrons. The van der Waals surface area contributed by atoms with E-state index in [-0.39, 0.29) is 19.0 Å². The topological polar surface area (TPSA) is 113 Å². The van der Waals surface area contributed by atoms with E-state index in [1.807, 2.05) is 0 Å². The van der Waals surface area contributed by atoms with E-state index < -0.39 is 22.8 Å². The van der Waals surface area contributed by atoms with Gasteiger partial charge < -0.3 is 16.2 Å². The summed E-state index contributed by atoms with van der Waals surface area (Å²) in [7, 11) is 0. The van der Waals surface area contributed by atoms with Gasteiger partial charge in [0, 0.05) is 17.0 Å². The summed E-state index contributed by atoms with van der Waals surface area (Å²) in [6, 6.07) is -1.40. The molecule has 8 heteroatoms. The Kier molecular flexibility index (Phi) is 4.58. The molecule has 0 unspecified atom stereocenters. The summed E-state index contributed by atoms with van der Waals surface area (Å²) in [5.74, 6) is -0.879. The Balaban J connectivity index is 2.44. The maximum Gasteiger partial charge on any atom is 0.324 e. The summed E-state index contributed by atoms with van der Waals surface area (Å²) >= 11 is 1.33. The Hall–Kier alpha value is -1.28. The minimum absolute atomic E-state index is 0.0293. The van der Waals surface area contributed by atoms with Crippen LogP contribution in [0.1, 0.15) is 13.8 Å². The van der Waals surface area contributed by atoms with E-state index in [9.17, 15) is 14.4 Å². The minimum atomic E-state index is -1.07. The van der Waals surface area contributed by atoms with Crippen molar-refractivity contribution in [3.05, 3.63) is 0 Å². The molecule has 0 aromatic carbocycles. The number of hydrogen-bond acceptors (Lipinski definition) is 5. The Morgan fingerprint density at radius 2 is 2.22 bits per heavy atom. The van der Waals surface area contributed by atoms with Crippen LogP contribution in [0.25, 0.3) is 0 Å². The van der Waals surface area contributed by atoms with Crippen molar-refractivity contribution >= 4 is 29.7 Å². The Bertz CT molecular complexity index is 356. The number of hydrogen-bond donors (Lipinski definition) is 3. The number of aliphatic carboxylic acids is 1. The van der Waals surface area contributed by atoms with Gasteiger partial charge in [0.15, 0.2) is 0 Å². The predicted octanol–water partition coefficient (Wildman–Crippen LogP) is -0.538. The molecule has 1 aliphatic rings. The lowest BCUT2D eigenvalue weighted by Gasteiger charge is -2.28. The van der Waals surface area contributed by atoms with E-state index in [4.69, 9.17) is 10.8 Å². The average Bonchev–Trinajstić information content (AvgIpc) is 2.59. The fourth-order valence-corrected chi connectivity index (χ4v) is 2.55. The molecule has 3 amide bonds. The number of nitrogens with one attached hydrogen (secondary N) is 1. The van der Waals surface area contributed by atoms with Crippen molar-refractivity contribution in [1.82, 2.24) is 10.2 Å². The SMILES string of the molecule is CC(C)(SCCN1C(=O)CNC1=O)[C@H](N)C(=O)O. The molecule has 1 rings (SSSR count). The summed E-state index contributed by atoms with van der Waals surface area (Å²) in [4.78, 5) is 34.5. The zero-order chi connectivity index (χ0) is 13.9. The van der Waals surface area contributed by atoms with Gasteiger partial charge in [-0.1, -0.05) is 0 Å². The number of thioether (sulfide) groups is 1. The number of carboxylic acid groups (broad SMARTS) is 1. The van der Waals surface area contributed by atoms with E-state index in [0.717, 1.165) is 4.90 Å². The highest BCUT2D eigenvalue weighted by Crippen LogP contribution is 2.27. The highest BCUT2D eigenvalue weighted by atomic mass is 32.2. The Morgan fingerprint density at radius 3 is 2.67 bits per heavy atom. The van der Waals surface area contributed by atoms with Gasteiger partial charge in [0.05, 0.1) is 6.54 Å². The average molecular weight is 275 g/mol. The molecule has 0 aromatic rings. The monoisotopic (exact) mass is 275 g/mol. The van der Waals surface area contributed by atoms with E-state index in [0.29, 0.717) is 5.75 Å². The van der Waals surface area contributed by atoms with Crippen molar-refractivity contribution in [3.63, 3.8) is 0 Å². The zero-order valence-corrected chi connectivity index (χ0v) is 11.1. The summed E-state index contributed by atoms with van der Waals surface area (Å²) in [6.07, 6.45) is 0. The molecule has 1 heterocycles. The number of nitrogens with two attached hydrogens (primary N) is 1. The van der Waals surface area contributed by atoms with E-state index in [2.05, 4.69) is 5.32 Å². The van der Waals surface area contributed by atoms with Gasteiger partial charge in [-0.25, -0.2) is 4.79 Å². The van der Waals surface area contributed by atoms with Crippen molar-refractivity contribution in [2.45, 2.75) is 24.6 Å². The number of urea groups is 1. The summed E-state index contributed by atoms with van der Waals surface area (Å²) < 4.78 is -0.662. The first-order chi connectivity index (χ1) is 8.25. The number of carboxylic acids is 1. The zero-order valence-electron chi connectivity index (χ0n) is 10.3. The van der Waals surface area contributed by atoms with Gasteiger partial charge in [0.1, 0.15) is 6.04 Å². The standard InChI is InChI=1S/C10H17N3O4S/c1-10(2,7(11)8(15)16)18-4-3-13-6(14)5-12-9(13)17/h7H,3-5,11H2,1-2H3,(H,12,17)(H,15,16)/t7-/m1/s1. The molecular formula is C10H17N3O4S. The third kappa shape index (κ3) is 3.36. The summed E-state index contributed by atoms with van der Waals surface area (Å²) in [5.41, 5.74) is 5.56. The van der Waals surface area contributed by atoms with Crippen molar-refractivity contribution < 1.29 is 19.5 Å². The van der Waals surface area contributed by atoms with Crippen LogP contribution in [0, 0.1) is 0 Å². The molecular weight excluding hydrogens is 258 g/mol. The van der Waals surface area contributed by atoms with Crippen molar-refractivity contribution in [2.75, 3.05) is 18.8 Å². The van der Waals surface area contributed by atoms with Gasteiger partial charge >= 0.3 is 12.0 Å².